The number of carbonyl (C=O) groups excluding carboxylic acids is 3. The van der Waals surface area contributed by atoms with Gasteiger partial charge in [-0.25, -0.2) is 9.59 Å². The van der Waals surface area contributed by atoms with Crippen LogP contribution < -0.4 is 5.32 Å². The smallest absolute Gasteiger partial charge is 0.434 e. The number of hydrogen-bond donors (Lipinski definition) is 1. The van der Waals surface area contributed by atoms with Gasteiger partial charge < -0.3 is 24.3 Å². The Balaban J connectivity index is 3.67. The Morgan fingerprint density at radius 3 is 1.81 bits per heavy atom. The van der Waals surface area contributed by atoms with E-state index in [1.807, 2.05) is 0 Å². The van der Waals surface area contributed by atoms with E-state index in [9.17, 15) is 14.4 Å². The molecule has 0 aromatic rings. The van der Waals surface area contributed by atoms with Crippen LogP contribution in [0.15, 0.2) is 0 Å². The molecule has 1 atom stereocenters. The van der Waals surface area contributed by atoms with E-state index in [2.05, 4.69) is 19.2 Å². The fourth-order valence-electron chi connectivity index (χ4n) is 2.09. The van der Waals surface area contributed by atoms with E-state index in [1.165, 1.54) is 6.92 Å². The normalized spacial score (nSPS) is 11.4. The highest BCUT2D eigenvalue weighted by atomic mass is 16.7. The van der Waals surface area contributed by atoms with Crippen LogP contribution in [0, 0.1) is 0 Å². The molecule has 1 N–H and O–H groups in total. The molecule has 1 amide bonds. The van der Waals surface area contributed by atoms with E-state index in [1.54, 1.807) is 0 Å². The van der Waals surface area contributed by atoms with Gasteiger partial charge in [0, 0.05) is 0 Å². The summed E-state index contributed by atoms with van der Waals surface area (Å²) in [5, 5.41) is 2.51. The van der Waals surface area contributed by atoms with E-state index in [0.717, 1.165) is 51.4 Å². The molecule has 0 aromatic heterocycles. The van der Waals surface area contributed by atoms with Crippen LogP contribution in [-0.4, -0.2) is 50.7 Å². The predicted octanol–water partition coefficient (Wildman–Crippen LogP) is 3.96. The zero-order valence-electron chi connectivity index (χ0n) is 16.9. The number of rotatable bonds is 15. The average molecular weight is 389 g/mol. The maximum Gasteiger partial charge on any atom is 0.509 e. The molecule has 0 aromatic carbocycles. The van der Waals surface area contributed by atoms with Crippen molar-refractivity contribution in [2.45, 2.75) is 78.2 Å². The molecular weight excluding hydrogens is 354 g/mol. The molecule has 0 aliphatic rings. The maximum absolute atomic E-state index is 11.8. The molecule has 0 saturated carbocycles. The van der Waals surface area contributed by atoms with Gasteiger partial charge in [0.2, 0.25) is 0 Å². The zero-order valence-corrected chi connectivity index (χ0v) is 16.9. The molecule has 0 aliphatic carbocycles. The monoisotopic (exact) mass is 389 g/mol. The minimum Gasteiger partial charge on any atom is -0.434 e. The first-order chi connectivity index (χ1) is 13.0. The van der Waals surface area contributed by atoms with Crippen molar-refractivity contribution in [2.24, 2.45) is 0 Å². The predicted molar refractivity (Wildman–Crippen MR) is 100 cm³/mol. The summed E-state index contributed by atoms with van der Waals surface area (Å²) in [6, 6.07) is 0. The van der Waals surface area contributed by atoms with Crippen molar-refractivity contribution in [1.29, 1.82) is 0 Å². The third-order valence-electron chi connectivity index (χ3n) is 3.70. The Kier molecular flexibility index (Phi) is 16.1. The van der Waals surface area contributed by atoms with E-state index in [0.29, 0.717) is 6.61 Å². The van der Waals surface area contributed by atoms with Gasteiger partial charge in [0.1, 0.15) is 6.61 Å². The van der Waals surface area contributed by atoms with Crippen molar-refractivity contribution in [1.82, 2.24) is 5.32 Å². The molecule has 0 radical (unpaired) electrons. The second kappa shape index (κ2) is 17.4. The number of ether oxygens (including phenoxy) is 4. The minimum absolute atomic E-state index is 0.0197. The molecule has 8 nitrogen and oxygen atoms in total. The number of carbonyl (C=O) groups is 3. The minimum atomic E-state index is -0.987. The lowest BCUT2D eigenvalue weighted by Crippen LogP contribution is -2.38. The summed E-state index contributed by atoms with van der Waals surface area (Å²) in [5.74, 6) is -0.491. The van der Waals surface area contributed by atoms with Gasteiger partial charge in [-0.2, -0.15) is 0 Å². The lowest BCUT2D eigenvalue weighted by Gasteiger charge is -2.13. The first-order valence-electron chi connectivity index (χ1n) is 9.91. The molecule has 27 heavy (non-hydrogen) atoms. The molecular formula is C19H35NO7. The fraction of sp³-hybridized carbons (Fsp3) is 0.842. The lowest BCUT2D eigenvalue weighted by molar-refractivity contribution is -0.130. The van der Waals surface area contributed by atoms with Gasteiger partial charge in [-0.15, -0.1) is 0 Å². The number of unbranched alkanes of at least 4 members (excludes halogenated alkanes) is 6. The second-order valence-electron chi connectivity index (χ2n) is 6.22. The summed E-state index contributed by atoms with van der Waals surface area (Å²) in [5.41, 5.74) is 0. The Morgan fingerprint density at radius 2 is 1.26 bits per heavy atom. The Bertz CT molecular complexity index is 415. The Hall–Kier alpha value is -1.99. The van der Waals surface area contributed by atoms with Gasteiger partial charge in [0.25, 0.3) is 5.91 Å². The SMILES string of the molecule is CCCCCCOC(=O)OCCNC(=O)[C@@H](C)OC(=O)OCCCCCC. The largest absolute Gasteiger partial charge is 0.509 e. The van der Waals surface area contributed by atoms with Gasteiger partial charge in [0.15, 0.2) is 6.10 Å². The van der Waals surface area contributed by atoms with Crippen LogP contribution in [0.25, 0.3) is 0 Å². The lowest BCUT2D eigenvalue weighted by atomic mass is 10.2. The first kappa shape index (κ1) is 25.0. The summed E-state index contributed by atoms with van der Waals surface area (Å²) in [6.07, 6.45) is 5.39. The van der Waals surface area contributed by atoms with Crippen molar-refractivity contribution in [3.8, 4) is 0 Å². The molecule has 0 spiro atoms. The van der Waals surface area contributed by atoms with Gasteiger partial charge in [-0.3, -0.25) is 4.79 Å². The number of nitrogens with one attached hydrogen (secondary N) is 1. The summed E-state index contributed by atoms with van der Waals surface area (Å²) in [6.45, 7) is 6.33. The van der Waals surface area contributed by atoms with Crippen molar-refractivity contribution < 1.29 is 33.3 Å². The summed E-state index contributed by atoms with van der Waals surface area (Å²) in [7, 11) is 0. The Labute approximate surface area is 162 Å². The summed E-state index contributed by atoms with van der Waals surface area (Å²) >= 11 is 0. The van der Waals surface area contributed by atoms with Crippen molar-refractivity contribution >= 4 is 18.2 Å². The molecule has 0 unspecified atom stereocenters. The average Bonchev–Trinajstić information content (AvgIpc) is 2.64. The quantitative estimate of drug-likeness (QED) is 0.334. The van der Waals surface area contributed by atoms with Crippen LogP contribution >= 0.6 is 0 Å². The van der Waals surface area contributed by atoms with E-state index in [4.69, 9.17) is 18.9 Å². The van der Waals surface area contributed by atoms with Crippen LogP contribution in [0.1, 0.15) is 72.1 Å². The molecule has 0 rings (SSSR count). The van der Waals surface area contributed by atoms with Crippen LogP contribution in [0.3, 0.4) is 0 Å². The second-order valence-corrected chi connectivity index (χ2v) is 6.22. The standard InChI is InChI=1S/C19H35NO7/c1-4-6-8-10-13-24-18(22)26-15-12-20-17(21)16(3)27-19(23)25-14-11-9-7-5-2/h16H,4-15H2,1-3H3,(H,20,21)/t16-/m1/s1. The molecule has 0 heterocycles. The molecule has 0 fully saturated rings. The van der Waals surface area contributed by atoms with Crippen LogP contribution in [0.4, 0.5) is 9.59 Å². The topological polar surface area (TPSA) is 100 Å². The zero-order chi connectivity index (χ0) is 20.3. The first-order valence-corrected chi connectivity index (χ1v) is 9.91. The van der Waals surface area contributed by atoms with Gasteiger partial charge >= 0.3 is 12.3 Å². The third-order valence-corrected chi connectivity index (χ3v) is 3.70. The highest BCUT2D eigenvalue weighted by molar-refractivity contribution is 5.82. The van der Waals surface area contributed by atoms with E-state index >= 15 is 0 Å². The van der Waals surface area contributed by atoms with E-state index < -0.39 is 24.3 Å². The van der Waals surface area contributed by atoms with E-state index in [-0.39, 0.29) is 19.8 Å². The van der Waals surface area contributed by atoms with Gasteiger partial charge in [-0.05, 0) is 19.8 Å². The maximum atomic E-state index is 11.8. The highest BCUT2D eigenvalue weighted by Crippen LogP contribution is 2.01. The molecule has 8 heteroatoms. The fourth-order valence-corrected chi connectivity index (χ4v) is 2.09. The highest BCUT2D eigenvalue weighted by Gasteiger charge is 2.18. The summed E-state index contributed by atoms with van der Waals surface area (Å²) < 4.78 is 19.5. The van der Waals surface area contributed by atoms with Crippen molar-refractivity contribution in [2.75, 3.05) is 26.4 Å². The van der Waals surface area contributed by atoms with Crippen LogP contribution in [0.5, 0.6) is 0 Å². The third kappa shape index (κ3) is 15.9. The van der Waals surface area contributed by atoms with Crippen molar-refractivity contribution in [3.63, 3.8) is 0 Å². The molecule has 0 aliphatic heterocycles. The number of amides is 1. The van der Waals surface area contributed by atoms with Crippen LogP contribution in [-0.2, 0) is 23.7 Å². The summed E-state index contributed by atoms with van der Waals surface area (Å²) in [4.78, 5) is 34.6. The van der Waals surface area contributed by atoms with Gasteiger partial charge in [-0.1, -0.05) is 52.4 Å². The van der Waals surface area contributed by atoms with Crippen LogP contribution in [0.2, 0.25) is 0 Å². The Morgan fingerprint density at radius 1 is 0.741 bits per heavy atom. The molecule has 158 valence electrons. The molecule has 0 saturated heterocycles. The number of hydrogen-bond acceptors (Lipinski definition) is 7. The van der Waals surface area contributed by atoms with Gasteiger partial charge in [0.05, 0.1) is 19.8 Å². The molecule has 0 bridgehead atoms. The van der Waals surface area contributed by atoms with Crippen molar-refractivity contribution in [3.05, 3.63) is 0 Å².